The largest absolute Gasteiger partial charge is 0.355 e. The lowest BCUT2D eigenvalue weighted by atomic mass is 9.97. The van der Waals surface area contributed by atoms with Crippen molar-refractivity contribution in [3.05, 3.63) is 53.3 Å². The fourth-order valence-corrected chi connectivity index (χ4v) is 5.94. The summed E-state index contributed by atoms with van der Waals surface area (Å²) in [5, 5.41) is 9.72. The van der Waals surface area contributed by atoms with Gasteiger partial charge in [0.1, 0.15) is 23.8 Å². The second kappa shape index (κ2) is 7.32. The molecule has 1 fully saturated rings. The topological polar surface area (TPSA) is 59.7 Å². The molecule has 30 heavy (non-hydrogen) atoms. The maximum Gasteiger partial charge on any atom is 0.150 e. The molecule has 0 N–H and O–H groups in total. The van der Waals surface area contributed by atoms with Gasteiger partial charge >= 0.3 is 0 Å². The first-order valence-electron chi connectivity index (χ1n) is 10.4. The van der Waals surface area contributed by atoms with Crippen LogP contribution < -0.4 is 4.90 Å². The van der Waals surface area contributed by atoms with E-state index in [1.54, 1.807) is 17.7 Å². The summed E-state index contributed by atoms with van der Waals surface area (Å²) in [5.74, 6) is 3.75. The van der Waals surface area contributed by atoms with Gasteiger partial charge in [0.2, 0.25) is 0 Å². The second-order valence-electron chi connectivity index (χ2n) is 8.04. The van der Waals surface area contributed by atoms with Gasteiger partial charge in [0.15, 0.2) is 0 Å². The SMILES string of the molecule is Clc1ccc(-c2cc3ncnc(N4CCCC(c5nnc6n5CCC6)C4)c3s2)cc1. The van der Waals surface area contributed by atoms with E-state index >= 15 is 0 Å². The third-order valence-electron chi connectivity index (χ3n) is 6.15. The first kappa shape index (κ1) is 18.3. The fourth-order valence-electron chi connectivity index (χ4n) is 4.68. The number of benzene rings is 1. The third-order valence-corrected chi connectivity index (χ3v) is 7.57. The molecule has 0 bridgehead atoms. The lowest BCUT2D eigenvalue weighted by Gasteiger charge is -2.33. The molecule has 0 saturated carbocycles. The smallest absolute Gasteiger partial charge is 0.150 e. The molecule has 152 valence electrons. The molecule has 1 unspecified atom stereocenters. The van der Waals surface area contributed by atoms with Crippen LogP contribution >= 0.6 is 22.9 Å². The van der Waals surface area contributed by atoms with E-state index in [1.807, 2.05) is 12.1 Å². The number of halogens is 1. The number of piperidine rings is 1. The van der Waals surface area contributed by atoms with Crippen LogP contribution in [0.3, 0.4) is 0 Å². The molecule has 1 atom stereocenters. The Morgan fingerprint density at radius 1 is 1.03 bits per heavy atom. The summed E-state index contributed by atoms with van der Waals surface area (Å²) in [7, 11) is 0. The Morgan fingerprint density at radius 3 is 2.83 bits per heavy atom. The molecule has 1 aromatic carbocycles. The van der Waals surface area contributed by atoms with Crippen LogP contribution in [0.5, 0.6) is 0 Å². The number of thiophene rings is 1. The van der Waals surface area contributed by atoms with Crippen LogP contribution in [-0.2, 0) is 13.0 Å². The summed E-state index contributed by atoms with van der Waals surface area (Å²) < 4.78 is 3.49. The van der Waals surface area contributed by atoms with Crippen LogP contribution in [0.2, 0.25) is 5.02 Å². The Morgan fingerprint density at radius 2 is 1.93 bits per heavy atom. The van der Waals surface area contributed by atoms with Crippen molar-refractivity contribution in [1.29, 1.82) is 0 Å². The summed E-state index contributed by atoms with van der Waals surface area (Å²) in [4.78, 5) is 12.8. The number of fused-ring (bicyclic) bond motifs is 2. The molecular weight excluding hydrogens is 416 g/mol. The van der Waals surface area contributed by atoms with Crippen molar-refractivity contribution in [3.8, 4) is 10.4 Å². The Bertz CT molecular complexity index is 1210. The summed E-state index contributed by atoms with van der Waals surface area (Å²) in [6, 6.07) is 10.1. The highest BCUT2D eigenvalue weighted by molar-refractivity contribution is 7.22. The minimum Gasteiger partial charge on any atom is -0.355 e. The third kappa shape index (κ3) is 3.08. The number of aromatic nitrogens is 5. The minimum absolute atomic E-state index is 0.402. The highest BCUT2D eigenvalue weighted by atomic mass is 35.5. The van der Waals surface area contributed by atoms with Gasteiger partial charge < -0.3 is 9.47 Å². The average Bonchev–Trinajstić information content (AvgIpc) is 3.49. The summed E-state index contributed by atoms with van der Waals surface area (Å²) in [6.45, 7) is 3.00. The Hall–Kier alpha value is -2.51. The zero-order valence-electron chi connectivity index (χ0n) is 16.5. The van der Waals surface area contributed by atoms with Crippen molar-refractivity contribution in [3.63, 3.8) is 0 Å². The predicted octanol–water partition coefficient (Wildman–Crippen LogP) is 4.93. The maximum atomic E-state index is 6.06. The van der Waals surface area contributed by atoms with Crippen LogP contribution in [0.1, 0.15) is 36.8 Å². The normalized spacial score (nSPS) is 18.8. The number of rotatable bonds is 3. The van der Waals surface area contributed by atoms with Gasteiger partial charge in [-0.3, -0.25) is 0 Å². The first-order valence-corrected chi connectivity index (χ1v) is 11.6. The molecule has 6 rings (SSSR count). The van der Waals surface area contributed by atoms with Crippen molar-refractivity contribution in [2.24, 2.45) is 0 Å². The van der Waals surface area contributed by atoms with E-state index in [0.717, 1.165) is 77.2 Å². The van der Waals surface area contributed by atoms with E-state index in [4.69, 9.17) is 16.6 Å². The van der Waals surface area contributed by atoms with E-state index in [2.05, 4.69) is 42.8 Å². The van der Waals surface area contributed by atoms with Crippen LogP contribution in [0.4, 0.5) is 5.82 Å². The molecule has 8 heteroatoms. The lowest BCUT2D eigenvalue weighted by Crippen LogP contribution is -2.36. The van der Waals surface area contributed by atoms with Crippen molar-refractivity contribution < 1.29 is 0 Å². The average molecular weight is 437 g/mol. The Balaban J connectivity index is 1.34. The van der Waals surface area contributed by atoms with Crippen LogP contribution in [-0.4, -0.2) is 37.8 Å². The lowest BCUT2D eigenvalue weighted by molar-refractivity contribution is 0.471. The highest BCUT2D eigenvalue weighted by Gasteiger charge is 2.29. The number of aryl methyl sites for hydroxylation is 1. The number of anilines is 1. The van der Waals surface area contributed by atoms with Gasteiger partial charge in [0.25, 0.3) is 0 Å². The molecule has 0 amide bonds. The van der Waals surface area contributed by atoms with E-state index in [0.29, 0.717) is 5.92 Å². The zero-order valence-corrected chi connectivity index (χ0v) is 18.0. The number of hydrogen-bond donors (Lipinski definition) is 0. The summed E-state index contributed by atoms with van der Waals surface area (Å²) >= 11 is 7.81. The minimum atomic E-state index is 0.402. The van der Waals surface area contributed by atoms with Gasteiger partial charge in [-0.15, -0.1) is 21.5 Å². The molecule has 0 spiro atoms. The maximum absolute atomic E-state index is 6.06. The molecule has 0 radical (unpaired) electrons. The van der Waals surface area contributed by atoms with Crippen molar-refractivity contribution in [2.75, 3.05) is 18.0 Å². The zero-order chi connectivity index (χ0) is 20.1. The Labute approximate surface area is 183 Å². The van der Waals surface area contributed by atoms with Crippen molar-refractivity contribution >= 4 is 39.0 Å². The monoisotopic (exact) mass is 436 g/mol. The fraction of sp³-hybridized carbons (Fsp3) is 0.364. The number of nitrogens with zero attached hydrogens (tertiary/aromatic N) is 6. The van der Waals surface area contributed by atoms with Gasteiger partial charge in [-0.1, -0.05) is 23.7 Å². The molecule has 0 aliphatic carbocycles. The van der Waals surface area contributed by atoms with Crippen LogP contribution in [0.15, 0.2) is 36.7 Å². The molecule has 6 nitrogen and oxygen atoms in total. The van der Waals surface area contributed by atoms with Gasteiger partial charge in [0.05, 0.1) is 10.2 Å². The summed E-state index contributed by atoms with van der Waals surface area (Å²) in [5.41, 5.74) is 2.16. The van der Waals surface area contributed by atoms with Gasteiger partial charge in [0, 0.05) is 41.9 Å². The first-order chi connectivity index (χ1) is 14.8. The van der Waals surface area contributed by atoms with Gasteiger partial charge in [-0.05, 0) is 43.0 Å². The summed E-state index contributed by atoms with van der Waals surface area (Å²) in [6.07, 6.45) is 6.22. The van der Waals surface area contributed by atoms with Crippen LogP contribution in [0.25, 0.3) is 20.7 Å². The molecule has 4 aromatic rings. The van der Waals surface area contributed by atoms with E-state index in [9.17, 15) is 0 Å². The Kier molecular flexibility index (Phi) is 4.46. The van der Waals surface area contributed by atoms with Gasteiger partial charge in [-0.2, -0.15) is 0 Å². The van der Waals surface area contributed by atoms with E-state index in [-0.39, 0.29) is 0 Å². The molecule has 1 saturated heterocycles. The molecule has 2 aliphatic rings. The molecule has 2 aliphatic heterocycles. The van der Waals surface area contributed by atoms with Crippen molar-refractivity contribution in [2.45, 2.75) is 38.1 Å². The standard InChI is InChI=1S/C22H21ClN6S/c23-16-7-5-14(6-8-16)18-11-17-20(30-18)22(25-13-24-17)28-9-1-3-15(12-28)21-27-26-19-4-2-10-29(19)21/h5-8,11,13,15H,1-4,9-10,12H2. The van der Waals surface area contributed by atoms with Crippen LogP contribution in [0, 0.1) is 0 Å². The highest BCUT2D eigenvalue weighted by Crippen LogP contribution is 2.39. The van der Waals surface area contributed by atoms with E-state index < -0.39 is 0 Å². The van der Waals surface area contributed by atoms with Crippen molar-refractivity contribution in [1.82, 2.24) is 24.7 Å². The quantitative estimate of drug-likeness (QED) is 0.455. The number of hydrogen-bond acceptors (Lipinski definition) is 6. The predicted molar refractivity (Wildman–Crippen MR) is 120 cm³/mol. The molecule has 5 heterocycles. The van der Waals surface area contributed by atoms with E-state index in [1.165, 1.54) is 11.3 Å². The molecular formula is C22H21ClN6S. The van der Waals surface area contributed by atoms with Gasteiger partial charge in [-0.25, -0.2) is 9.97 Å². The molecule has 3 aromatic heterocycles. The second-order valence-corrected chi connectivity index (χ2v) is 9.53.